The highest BCUT2D eigenvalue weighted by Crippen LogP contribution is 2.38. The number of piperidine rings is 1. The predicted octanol–water partition coefficient (Wildman–Crippen LogP) is 6.23. The van der Waals surface area contributed by atoms with E-state index in [9.17, 15) is 22.4 Å². The van der Waals surface area contributed by atoms with Crippen LogP contribution in [-0.4, -0.2) is 50.8 Å². The first kappa shape index (κ1) is 30.1. The Labute approximate surface area is 254 Å². The number of halogens is 4. The summed E-state index contributed by atoms with van der Waals surface area (Å²) in [6.45, 7) is 4.33. The van der Waals surface area contributed by atoms with Crippen molar-refractivity contribution < 1.29 is 31.5 Å². The van der Waals surface area contributed by atoms with E-state index in [2.05, 4.69) is 20.2 Å². The number of hydrogen-bond acceptors (Lipinski definition) is 8. The largest absolute Gasteiger partial charge is 0.495 e. The first-order valence-electron chi connectivity index (χ1n) is 14.1. The molecule has 1 fully saturated rings. The maximum Gasteiger partial charge on any atom is 0.416 e. The summed E-state index contributed by atoms with van der Waals surface area (Å²) >= 11 is 0. The van der Waals surface area contributed by atoms with Crippen LogP contribution in [0.4, 0.5) is 29.1 Å². The molecule has 1 aliphatic heterocycles. The first-order valence-corrected chi connectivity index (χ1v) is 14.1. The Morgan fingerprint density at radius 3 is 2.56 bits per heavy atom. The summed E-state index contributed by atoms with van der Waals surface area (Å²) in [6.07, 6.45) is -1.69. The summed E-state index contributed by atoms with van der Waals surface area (Å²) in [4.78, 5) is 23.8. The maximum absolute atomic E-state index is 14.4. The molecule has 45 heavy (non-hydrogen) atoms. The molecule has 0 aliphatic carbocycles. The van der Waals surface area contributed by atoms with Crippen molar-refractivity contribution in [2.24, 2.45) is 0 Å². The second-order valence-corrected chi connectivity index (χ2v) is 10.8. The van der Waals surface area contributed by atoms with Crippen LogP contribution in [0, 0.1) is 12.7 Å². The minimum atomic E-state index is -4.74. The first-order chi connectivity index (χ1) is 21.5. The summed E-state index contributed by atoms with van der Waals surface area (Å²) in [5.41, 5.74) is 6.46. The molecule has 0 radical (unpaired) electrons. The van der Waals surface area contributed by atoms with Crippen LogP contribution in [0.15, 0.2) is 59.3 Å². The van der Waals surface area contributed by atoms with Crippen LogP contribution < -0.4 is 15.8 Å². The number of nitrogens with zero attached hydrogens (tertiary/aromatic N) is 5. The zero-order valence-electron chi connectivity index (χ0n) is 24.4. The van der Waals surface area contributed by atoms with Crippen molar-refractivity contribution in [2.45, 2.75) is 38.5 Å². The van der Waals surface area contributed by atoms with Crippen LogP contribution in [0.25, 0.3) is 22.3 Å². The molecule has 5 aromatic rings. The average molecular weight is 624 g/mol. The smallest absolute Gasteiger partial charge is 0.416 e. The highest BCUT2D eigenvalue weighted by Gasteiger charge is 2.32. The minimum absolute atomic E-state index is 0.0595. The van der Waals surface area contributed by atoms with E-state index < -0.39 is 29.0 Å². The molecule has 4 heterocycles. The lowest BCUT2D eigenvalue weighted by molar-refractivity contribution is -0.137. The quantitative estimate of drug-likeness (QED) is 0.205. The maximum atomic E-state index is 14.4. The Morgan fingerprint density at radius 2 is 1.89 bits per heavy atom. The van der Waals surface area contributed by atoms with Crippen molar-refractivity contribution in [3.8, 4) is 17.0 Å². The van der Waals surface area contributed by atoms with Crippen molar-refractivity contribution in [3.63, 3.8) is 0 Å². The number of nitrogens with two attached hydrogens (primary N) is 1. The lowest BCUT2D eigenvalue weighted by atomic mass is 10.0. The minimum Gasteiger partial charge on any atom is -0.495 e. The summed E-state index contributed by atoms with van der Waals surface area (Å²) < 4.78 is 66.3. The van der Waals surface area contributed by atoms with Crippen LogP contribution >= 0.6 is 0 Å². The highest BCUT2D eigenvalue weighted by molar-refractivity contribution is 6.06. The van der Waals surface area contributed by atoms with Crippen LogP contribution in [-0.2, 0) is 12.7 Å². The van der Waals surface area contributed by atoms with Gasteiger partial charge in [0.25, 0.3) is 5.91 Å². The number of amides is 1. The number of aromatic nitrogens is 4. The zero-order chi connectivity index (χ0) is 31.9. The van der Waals surface area contributed by atoms with Gasteiger partial charge in [-0.2, -0.15) is 18.3 Å². The normalized spacial score (nSPS) is 14.6. The standard InChI is InChI=1S/C31H29F4N7O3/c1-17-3-6-21(45-17)15-41-11-9-20(10-12-41)42-29-26(28(36)37-16-38-29)27(40-42)18-4-8-24(25(13-18)44-2)39-30(43)22-7-5-19(14-23(22)32)31(33,34)35/h3-8,13-14,16,20H,9-12,15H2,1-2H3,(H,39,43)(H2,36,37,38). The molecule has 3 N–H and O–H groups in total. The van der Waals surface area contributed by atoms with Crippen molar-refractivity contribution in [3.05, 3.63) is 83.3 Å². The monoisotopic (exact) mass is 623 g/mol. The van der Waals surface area contributed by atoms with Gasteiger partial charge in [0.1, 0.15) is 40.9 Å². The average Bonchev–Trinajstić information content (AvgIpc) is 3.61. The predicted molar refractivity (Wildman–Crippen MR) is 158 cm³/mol. The number of nitrogens with one attached hydrogen (secondary N) is 1. The number of likely N-dealkylation sites (tertiary alicyclic amines) is 1. The number of carbonyl (C=O) groups excluding carboxylic acids is 1. The third kappa shape index (κ3) is 6.05. The molecule has 1 amide bonds. The Kier molecular flexibility index (Phi) is 7.91. The van der Waals surface area contributed by atoms with Gasteiger partial charge in [-0.05, 0) is 62.2 Å². The molecule has 0 unspecified atom stereocenters. The van der Waals surface area contributed by atoms with Crippen LogP contribution in [0.3, 0.4) is 0 Å². The number of anilines is 2. The molecule has 3 aromatic heterocycles. The zero-order valence-corrected chi connectivity index (χ0v) is 24.4. The number of carbonyl (C=O) groups is 1. The second kappa shape index (κ2) is 11.8. The van der Waals surface area contributed by atoms with Gasteiger partial charge in [0.2, 0.25) is 0 Å². The number of alkyl halides is 3. The molecular formula is C31H29F4N7O3. The van der Waals surface area contributed by atoms with Gasteiger partial charge in [0, 0.05) is 18.7 Å². The van der Waals surface area contributed by atoms with E-state index in [0.717, 1.165) is 50.1 Å². The molecule has 6 rings (SSSR count). The van der Waals surface area contributed by atoms with E-state index in [0.29, 0.717) is 28.4 Å². The molecule has 0 atom stereocenters. The second-order valence-electron chi connectivity index (χ2n) is 10.8. The molecule has 0 saturated carbocycles. The van der Waals surface area contributed by atoms with E-state index in [4.69, 9.17) is 20.0 Å². The molecular weight excluding hydrogens is 594 g/mol. The van der Waals surface area contributed by atoms with E-state index in [-0.39, 0.29) is 29.4 Å². The molecule has 14 heteroatoms. The highest BCUT2D eigenvalue weighted by atomic mass is 19.4. The van der Waals surface area contributed by atoms with Gasteiger partial charge in [0.15, 0.2) is 5.65 Å². The summed E-state index contributed by atoms with van der Waals surface area (Å²) in [5.74, 6) is 0.0402. The molecule has 0 bridgehead atoms. The lowest BCUT2D eigenvalue weighted by Crippen LogP contribution is -2.34. The fraction of sp³-hybridized carbons (Fsp3) is 0.290. The van der Waals surface area contributed by atoms with Gasteiger partial charge >= 0.3 is 6.18 Å². The number of methoxy groups -OCH3 is 1. The number of benzene rings is 2. The molecule has 1 saturated heterocycles. The van der Waals surface area contributed by atoms with Gasteiger partial charge < -0.3 is 20.2 Å². The van der Waals surface area contributed by atoms with Crippen LogP contribution in [0.2, 0.25) is 0 Å². The summed E-state index contributed by atoms with van der Waals surface area (Å²) in [7, 11) is 1.39. The van der Waals surface area contributed by atoms with Crippen molar-refractivity contribution >= 4 is 28.4 Å². The van der Waals surface area contributed by atoms with E-state index >= 15 is 0 Å². The van der Waals surface area contributed by atoms with Crippen LogP contribution in [0.1, 0.15) is 46.3 Å². The molecule has 234 valence electrons. The SMILES string of the molecule is COc1cc(-c2nn(C3CCN(Cc4ccc(C)o4)CC3)c3ncnc(N)c23)ccc1NC(=O)c1ccc(C(F)(F)F)cc1F. The van der Waals surface area contributed by atoms with Gasteiger partial charge in [-0.25, -0.2) is 19.0 Å². The summed E-state index contributed by atoms with van der Waals surface area (Å²) in [6, 6.07) is 10.6. The number of ether oxygens (including phenoxy) is 1. The lowest BCUT2D eigenvalue weighted by Gasteiger charge is -2.31. The van der Waals surface area contributed by atoms with Crippen LogP contribution in [0.5, 0.6) is 5.75 Å². The van der Waals surface area contributed by atoms with Crippen molar-refractivity contribution in [2.75, 3.05) is 31.2 Å². The molecule has 10 nitrogen and oxygen atoms in total. The summed E-state index contributed by atoms with van der Waals surface area (Å²) in [5, 5.41) is 8.00. The molecule has 2 aromatic carbocycles. The fourth-order valence-corrected chi connectivity index (χ4v) is 5.57. The van der Waals surface area contributed by atoms with Gasteiger partial charge in [-0.15, -0.1) is 0 Å². The van der Waals surface area contributed by atoms with Gasteiger partial charge in [-0.1, -0.05) is 6.07 Å². The van der Waals surface area contributed by atoms with E-state index in [1.54, 1.807) is 12.1 Å². The van der Waals surface area contributed by atoms with E-state index in [1.165, 1.54) is 19.5 Å². The molecule has 1 aliphatic rings. The fourth-order valence-electron chi connectivity index (χ4n) is 5.57. The third-order valence-electron chi connectivity index (χ3n) is 7.86. The van der Waals surface area contributed by atoms with Gasteiger partial charge in [0.05, 0.1) is 41.9 Å². The van der Waals surface area contributed by atoms with E-state index in [1.807, 2.05) is 23.7 Å². The Bertz CT molecular complexity index is 1880. The number of fused-ring (bicyclic) bond motifs is 1. The topological polar surface area (TPSA) is 124 Å². The molecule has 0 spiro atoms. The van der Waals surface area contributed by atoms with Crippen molar-refractivity contribution in [1.29, 1.82) is 0 Å². The number of nitrogen functional groups attached to an aromatic ring is 1. The number of rotatable bonds is 7. The third-order valence-corrected chi connectivity index (χ3v) is 7.86. The van der Waals surface area contributed by atoms with Crippen molar-refractivity contribution in [1.82, 2.24) is 24.6 Å². The Hall–Kier alpha value is -4.98. The Balaban J connectivity index is 1.25. The number of hydrogen-bond donors (Lipinski definition) is 2. The number of furan rings is 1. The Morgan fingerprint density at radius 1 is 1.11 bits per heavy atom. The number of aryl methyl sites for hydroxylation is 1. The van der Waals surface area contributed by atoms with Gasteiger partial charge in [-0.3, -0.25) is 9.69 Å².